The van der Waals surface area contributed by atoms with Gasteiger partial charge >= 0.3 is 0 Å². The van der Waals surface area contributed by atoms with Gasteiger partial charge in [0.1, 0.15) is 0 Å². The molecule has 0 N–H and O–H groups in total. The molecule has 0 spiro atoms. The van der Waals surface area contributed by atoms with Crippen LogP contribution in [-0.4, -0.2) is 35.8 Å². The number of carbonyl (C=O) groups is 3. The summed E-state index contributed by atoms with van der Waals surface area (Å²) < 4.78 is 0. The zero-order chi connectivity index (χ0) is 17.6. The van der Waals surface area contributed by atoms with Gasteiger partial charge in [-0.15, -0.1) is 0 Å². The average molecular weight is 319 g/mol. The van der Waals surface area contributed by atoms with Crippen LogP contribution in [0.3, 0.4) is 0 Å². The Hall–Kier alpha value is -1.13. The Morgan fingerprint density at radius 2 is 1.87 bits per heavy atom. The fraction of sp³-hybridized carbons (Fsp3) is 0.833. The molecular formula is C18H30BNO3. The van der Waals surface area contributed by atoms with Crippen molar-refractivity contribution in [2.75, 3.05) is 0 Å². The standard InChI is InChI=1S/C18H30BNO3/c1-5-6-7-8-9-10-14-11-15(21)20(17(14)23)18(3,4)12-13(2)16(19)22/h13-14H,5-12H2,1-4H3. The highest BCUT2D eigenvalue weighted by Gasteiger charge is 2.45. The van der Waals surface area contributed by atoms with Gasteiger partial charge in [0.25, 0.3) is 0 Å². The smallest absolute Gasteiger partial charge is 0.233 e. The minimum Gasteiger partial charge on any atom is -0.312 e. The summed E-state index contributed by atoms with van der Waals surface area (Å²) >= 11 is 0. The lowest BCUT2D eigenvalue weighted by atomic mass is 9.81. The van der Waals surface area contributed by atoms with E-state index in [2.05, 4.69) is 6.92 Å². The lowest BCUT2D eigenvalue weighted by Gasteiger charge is -2.36. The Labute approximate surface area is 141 Å². The first-order chi connectivity index (χ1) is 10.7. The van der Waals surface area contributed by atoms with E-state index in [1.807, 2.05) is 13.8 Å². The zero-order valence-corrected chi connectivity index (χ0v) is 15.1. The summed E-state index contributed by atoms with van der Waals surface area (Å²) in [6, 6.07) is 0. The summed E-state index contributed by atoms with van der Waals surface area (Å²) in [5.74, 6) is -0.742. The van der Waals surface area contributed by atoms with Gasteiger partial charge in [0.15, 0.2) is 7.85 Å². The number of hydrogen-bond acceptors (Lipinski definition) is 3. The monoisotopic (exact) mass is 319 g/mol. The lowest BCUT2D eigenvalue weighted by molar-refractivity contribution is -0.146. The number of nitrogens with zero attached hydrogens (tertiary/aromatic N) is 1. The fourth-order valence-corrected chi connectivity index (χ4v) is 3.49. The largest absolute Gasteiger partial charge is 0.312 e. The van der Waals surface area contributed by atoms with E-state index in [-0.39, 0.29) is 23.7 Å². The summed E-state index contributed by atoms with van der Waals surface area (Å²) in [6.07, 6.45) is 7.22. The van der Waals surface area contributed by atoms with Crippen LogP contribution in [0, 0.1) is 11.8 Å². The van der Waals surface area contributed by atoms with Crippen LogP contribution in [0.25, 0.3) is 0 Å². The molecule has 2 unspecified atom stereocenters. The second kappa shape index (κ2) is 8.65. The van der Waals surface area contributed by atoms with Crippen LogP contribution in [0.1, 0.15) is 79.1 Å². The molecular weight excluding hydrogens is 289 g/mol. The van der Waals surface area contributed by atoms with Crippen molar-refractivity contribution < 1.29 is 14.4 Å². The Kier molecular flexibility index (Phi) is 7.49. The van der Waals surface area contributed by atoms with Crippen molar-refractivity contribution in [1.29, 1.82) is 0 Å². The Balaban J connectivity index is 2.61. The second-order valence-electron chi connectivity index (χ2n) is 7.49. The molecule has 4 nitrogen and oxygen atoms in total. The molecule has 128 valence electrons. The average Bonchev–Trinajstić information content (AvgIpc) is 2.73. The molecule has 0 aliphatic carbocycles. The number of likely N-dealkylation sites (tertiary alicyclic amines) is 1. The lowest BCUT2D eigenvalue weighted by Crippen LogP contribution is -2.49. The summed E-state index contributed by atoms with van der Waals surface area (Å²) in [6.45, 7) is 7.59. The molecule has 1 heterocycles. The molecule has 0 saturated carbocycles. The highest BCUT2D eigenvalue weighted by atomic mass is 16.2. The van der Waals surface area contributed by atoms with Gasteiger partial charge in [0.05, 0.1) is 5.68 Å². The van der Waals surface area contributed by atoms with Crippen molar-refractivity contribution in [2.45, 2.75) is 84.6 Å². The molecule has 0 aromatic carbocycles. The maximum Gasteiger partial charge on any atom is 0.233 e. The van der Waals surface area contributed by atoms with E-state index in [0.29, 0.717) is 12.8 Å². The fourth-order valence-electron chi connectivity index (χ4n) is 3.49. The molecule has 1 fully saturated rings. The van der Waals surface area contributed by atoms with Gasteiger partial charge in [0.2, 0.25) is 11.8 Å². The van der Waals surface area contributed by atoms with Gasteiger partial charge in [-0.25, -0.2) is 0 Å². The van der Waals surface area contributed by atoms with E-state index >= 15 is 0 Å². The van der Waals surface area contributed by atoms with E-state index in [4.69, 9.17) is 7.85 Å². The van der Waals surface area contributed by atoms with Crippen LogP contribution in [0.4, 0.5) is 0 Å². The first kappa shape index (κ1) is 19.9. The first-order valence-electron chi connectivity index (χ1n) is 8.87. The predicted molar refractivity (Wildman–Crippen MR) is 92.0 cm³/mol. The van der Waals surface area contributed by atoms with E-state index < -0.39 is 11.2 Å². The number of carbonyl (C=O) groups excluding carboxylic acids is 3. The Bertz CT molecular complexity index is 448. The van der Waals surface area contributed by atoms with Crippen LogP contribution in [0.5, 0.6) is 0 Å². The van der Waals surface area contributed by atoms with Crippen LogP contribution in [0.2, 0.25) is 0 Å². The van der Waals surface area contributed by atoms with Gasteiger partial charge in [-0.05, 0) is 26.7 Å². The molecule has 2 amide bonds. The second-order valence-corrected chi connectivity index (χ2v) is 7.49. The molecule has 1 rings (SSSR count). The number of amides is 2. The van der Waals surface area contributed by atoms with Crippen LogP contribution in [-0.2, 0) is 14.4 Å². The third-order valence-electron chi connectivity index (χ3n) is 4.79. The van der Waals surface area contributed by atoms with Crippen molar-refractivity contribution in [2.24, 2.45) is 11.8 Å². The maximum atomic E-state index is 12.6. The van der Waals surface area contributed by atoms with Crippen LogP contribution >= 0.6 is 0 Å². The van der Waals surface area contributed by atoms with E-state index in [0.717, 1.165) is 19.3 Å². The molecule has 5 heteroatoms. The molecule has 0 aromatic rings. The van der Waals surface area contributed by atoms with Crippen molar-refractivity contribution in [1.82, 2.24) is 4.90 Å². The van der Waals surface area contributed by atoms with Crippen LogP contribution in [0.15, 0.2) is 0 Å². The van der Waals surface area contributed by atoms with E-state index in [9.17, 15) is 14.4 Å². The van der Waals surface area contributed by atoms with Crippen molar-refractivity contribution in [3.63, 3.8) is 0 Å². The summed E-state index contributed by atoms with van der Waals surface area (Å²) in [4.78, 5) is 37.6. The van der Waals surface area contributed by atoms with E-state index in [1.54, 1.807) is 6.92 Å². The number of unbranched alkanes of at least 4 members (excludes halogenated alkanes) is 4. The predicted octanol–water partition coefficient (Wildman–Crippen LogP) is 3.22. The number of imide groups is 1. The van der Waals surface area contributed by atoms with Crippen molar-refractivity contribution in [3.05, 3.63) is 0 Å². The first-order valence-corrected chi connectivity index (χ1v) is 8.87. The molecule has 1 aliphatic rings. The number of rotatable bonds is 10. The van der Waals surface area contributed by atoms with Crippen LogP contribution < -0.4 is 0 Å². The topological polar surface area (TPSA) is 54.5 Å². The molecule has 2 atom stereocenters. The van der Waals surface area contributed by atoms with Gasteiger partial charge in [-0.3, -0.25) is 14.5 Å². The van der Waals surface area contributed by atoms with Gasteiger partial charge in [-0.1, -0.05) is 46.0 Å². The molecule has 0 aromatic heterocycles. The zero-order valence-electron chi connectivity index (χ0n) is 15.1. The third-order valence-corrected chi connectivity index (χ3v) is 4.79. The third kappa shape index (κ3) is 5.47. The highest BCUT2D eigenvalue weighted by molar-refractivity contribution is 6.58. The molecule has 1 aliphatic heterocycles. The van der Waals surface area contributed by atoms with Gasteiger partial charge in [-0.2, -0.15) is 0 Å². The van der Waals surface area contributed by atoms with Gasteiger partial charge in [0, 0.05) is 23.8 Å². The van der Waals surface area contributed by atoms with E-state index in [1.165, 1.54) is 24.2 Å². The Morgan fingerprint density at radius 1 is 1.26 bits per heavy atom. The minimum atomic E-state index is -0.667. The minimum absolute atomic E-state index is 0.0767. The molecule has 23 heavy (non-hydrogen) atoms. The Morgan fingerprint density at radius 3 is 2.43 bits per heavy atom. The van der Waals surface area contributed by atoms with Gasteiger partial charge < -0.3 is 4.79 Å². The normalized spacial score (nSPS) is 20.2. The molecule has 2 radical (unpaired) electrons. The SMILES string of the molecule is [B]C(=O)C(C)CC(C)(C)N1C(=O)CC(CCCCCCC)C1=O. The summed E-state index contributed by atoms with van der Waals surface area (Å²) in [5, 5.41) is 0. The molecule has 1 saturated heterocycles. The number of hydrogen-bond donors (Lipinski definition) is 0. The maximum absolute atomic E-state index is 12.6. The summed E-state index contributed by atoms with van der Waals surface area (Å²) in [5.41, 5.74) is -1.07. The van der Waals surface area contributed by atoms with Crippen molar-refractivity contribution >= 4 is 25.3 Å². The van der Waals surface area contributed by atoms with Crippen molar-refractivity contribution in [3.8, 4) is 0 Å². The highest BCUT2D eigenvalue weighted by Crippen LogP contribution is 2.34. The molecule has 0 bridgehead atoms. The quantitative estimate of drug-likeness (QED) is 0.353. The summed E-state index contributed by atoms with van der Waals surface area (Å²) in [7, 11) is 5.32.